The number of hydrogen-bond acceptors (Lipinski definition) is 3. The lowest BCUT2D eigenvalue weighted by Gasteiger charge is -2.07. The first-order valence-electron chi connectivity index (χ1n) is 7.55. The van der Waals surface area contributed by atoms with Crippen LogP contribution in [0.4, 0.5) is 5.69 Å². The number of aromatic nitrogens is 4. The van der Waals surface area contributed by atoms with Crippen LogP contribution in [0.2, 0.25) is 0 Å². The molecule has 4 rings (SSSR count). The van der Waals surface area contributed by atoms with Crippen LogP contribution in [0, 0.1) is 6.92 Å². The van der Waals surface area contributed by atoms with Gasteiger partial charge in [0.2, 0.25) is 0 Å². The van der Waals surface area contributed by atoms with Crippen LogP contribution in [-0.4, -0.2) is 25.4 Å². The summed E-state index contributed by atoms with van der Waals surface area (Å²) in [6.07, 6.45) is 7.07. The number of carbonyl (C=O) groups is 1. The lowest BCUT2D eigenvalue weighted by Crippen LogP contribution is -2.12. The number of aromatic amines is 1. The molecule has 0 saturated heterocycles. The van der Waals surface area contributed by atoms with Crippen molar-refractivity contribution in [3.8, 4) is 5.82 Å². The number of nitrogens with one attached hydrogen (secondary N) is 2. The number of hydrogen-bond donors (Lipinski definition) is 2. The van der Waals surface area contributed by atoms with Crippen molar-refractivity contribution in [1.82, 2.24) is 19.5 Å². The minimum Gasteiger partial charge on any atom is -0.361 e. The van der Waals surface area contributed by atoms with Gasteiger partial charge in [0, 0.05) is 29.7 Å². The molecule has 0 fully saturated rings. The molecule has 0 spiro atoms. The normalized spacial score (nSPS) is 10.9. The number of carbonyl (C=O) groups excluding carboxylic acids is 1. The second kappa shape index (κ2) is 5.66. The van der Waals surface area contributed by atoms with Gasteiger partial charge in [-0.1, -0.05) is 6.07 Å². The van der Waals surface area contributed by atoms with E-state index >= 15 is 0 Å². The second-order valence-corrected chi connectivity index (χ2v) is 5.48. The quantitative estimate of drug-likeness (QED) is 0.608. The molecule has 2 N–H and O–H groups in total. The molecule has 0 radical (unpaired) electrons. The Bertz CT molecular complexity index is 1010. The minimum atomic E-state index is -0.167. The summed E-state index contributed by atoms with van der Waals surface area (Å²) in [5.74, 6) is 1.45. The number of pyridine rings is 1. The van der Waals surface area contributed by atoms with Crippen LogP contribution in [0.25, 0.3) is 16.7 Å². The first-order chi connectivity index (χ1) is 11.7. The van der Waals surface area contributed by atoms with E-state index in [0.717, 1.165) is 22.5 Å². The highest BCUT2D eigenvalue weighted by molar-refractivity contribution is 6.06. The largest absolute Gasteiger partial charge is 0.361 e. The molecular formula is C18H15N5O. The number of nitrogens with zero attached hydrogens (tertiary/aromatic N) is 3. The number of anilines is 1. The average Bonchev–Trinajstić information content (AvgIpc) is 3.23. The summed E-state index contributed by atoms with van der Waals surface area (Å²) in [6.45, 7) is 1.91. The number of H-pyrrole nitrogens is 1. The van der Waals surface area contributed by atoms with Crippen LogP contribution in [0.15, 0.2) is 61.2 Å². The Morgan fingerprint density at radius 2 is 2.08 bits per heavy atom. The molecule has 6 nitrogen and oxygen atoms in total. The maximum Gasteiger partial charge on any atom is 0.255 e. The highest BCUT2D eigenvalue weighted by Gasteiger charge is 2.08. The van der Waals surface area contributed by atoms with Crippen LogP contribution in [-0.2, 0) is 0 Å². The van der Waals surface area contributed by atoms with E-state index in [1.165, 1.54) is 0 Å². The van der Waals surface area contributed by atoms with Crippen molar-refractivity contribution < 1.29 is 4.79 Å². The SMILES string of the molecule is Cc1nccn1-c1ccc(NC(=O)c2ccc3cc[nH]c3c2)cn1. The summed E-state index contributed by atoms with van der Waals surface area (Å²) < 4.78 is 1.88. The van der Waals surface area contributed by atoms with Crippen molar-refractivity contribution in [3.05, 3.63) is 72.6 Å². The topological polar surface area (TPSA) is 75.6 Å². The van der Waals surface area contributed by atoms with Crippen molar-refractivity contribution in [2.24, 2.45) is 0 Å². The Morgan fingerprint density at radius 3 is 2.83 bits per heavy atom. The molecule has 3 aromatic heterocycles. The summed E-state index contributed by atoms with van der Waals surface area (Å²) in [7, 11) is 0. The summed E-state index contributed by atoms with van der Waals surface area (Å²) in [4.78, 5) is 24.0. The van der Waals surface area contributed by atoms with E-state index in [1.807, 2.05) is 60.3 Å². The average molecular weight is 317 g/mol. The smallest absolute Gasteiger partial charge is 0.255 e. The van der Waals surface area contributed by atoms with Gasteiger partial charge in [0.15, 0.2) is 0 Å². The van der Waals surface area contributed by atoms with Gasteiger partial charge in [-0.15, -0.1) is 0 Å². The van der Waals surface area contributed by atoms with Gasteiger partial charge in [-0.2, -0.15) is 0 Å². The van der Waals surface area contributed by atoms with Gasteiger partial charge in [-0.05, 0) is 42.6 Å². The van der Waals surface area contributed by atoms with Gasteiger partial charge in [0.1, 0.15) is 11.6 Å². The molecule has 0 saturated carbocycles. The van der Waals surface area contributed by atoms with E-state index in [-0.39, 0.29) is 5.91 Å². The third kappa shape index (κ3) is 2.54. The molecule has 3 heterocycles. The molecule has 0 aliphatic rings. The number of aryl methyl sites for hydroxylation is 1. The Kier molecular flexibility index (Phi) is 3.35. The van der Waals surface area contributed by atoms with Crippen molar-refractivity contribution in [3.63, 3.8) is 0 Å². The Morgan fingerprint density at radius 1 is 1.17 bits per heavy atom. The van der Waals surface area contributed by atoms with E-state index in [2.05, 4.69) is 20.3 Å². The number of benzene rings is 1. The van der Waals surface area contributed by atoms with Crippen LogP contribution < -0.4 is 5.32 Å². The van der Waals surface area contributed by atoms with Crippen LogP contribution in [0.5, 0.6) is 0 Å². The predicted octanol–water partition coefficient (Wildman–Crippen LogP) is 3.31. The maximum absolute atomic E-state index is 12.4. The van der Waals surface area contributed by atoms with E-state index in [4.69, 9.17) is 0 Å². The fourth-order valence-corrected chi connectivity index (χ4v) is 2.61. The second-order valence-electron chi connectivity index (χ2n) is 5.48. The predicted molar refractivity (Wildman–Crippen MR) is 92.3 cm³/mol. The molecule has 24 heavy (non-hydrogen) atoms. The van der Waals surface area contributed by atoms with Gasteiger partial charge < -0.3 is 10.3 Å². The summed E-state index contributed by atoms with van der Waals surface area (Å²) in [6, 6.07) is 11.2. The van der Waals surface area contributed by atoms with Crippen molar-refractivity contribution >= 4 is 22.5 Å². The Labute approximate surface area is 138 Å². The molecule has 1 aromatic carbocycles. The molecule has 0 atom stereocenters. The maximum atomic E-state index is 12.4. The number of amides is 1. The van der Waals surface area contributed by atoms with Gasteiger partial charge >= 0.3 is 0 Å². The lowest BCUT2D eigenvalue weighted by atomic mass is 10.1. The molecule has 0 aliphatic carbocycles. The molecule has 1 amide bonds. The van der Waals surface area contributed by atoms with Crippen LogP contribution in [0.3, 0.4) is 0 Å². The molecular weight excluding hydrogens is 302 g/mol. The summed E-state index contributed by atoms with van der Waals surface area (Å²) in [5.41, 5.74) is 2.18. The van der Waals surface area contributed by atoms with E-state index in [0.29, 0.717) is 11.3 Å². The molecule has 0 unspecified atom stereocenters. The van der Waals surface area contributed by atoms with E-state index in [1.54, 1.807) is 12.4 Å². The van der Waals surface area contributed by atoms with Crippen LogP contribution in [0.1, 0.15) is 16.2 Å². The minimum absolute atomic E-state index is 0.167. The molecule has 4 aromatic rings. The molecule has 0 aliphatic heterocycles. The fraction of sp³-hybridized carbons (Fsp3) is 0.0556. The lowest BCUT2D eigenvalue weighted by molar-refractivity contribution is 0.102. The zero-order valence-corrected chi connectivity index (χ0v) is 13.0. The molecule has 0 bridgehead atoms. The third-order valence-corrected chi connectivity index (χ3v) is 3.90. The van der Waals surface area contributed by atoms with Crippen LogP contribution >= 0.6 is 0 Å². The van der Waals surface area contributed by atoms with Gasteiger partial charge in [0.25, 0.3) is 5.91 Å². The number of imidazole rings is 1. The van der Waals surface area contributed by atoms with Gasteiger partial charge in [0.05, 0.1) is 11.9 Å². The Balaban J connectivity index is 1.54. The fourth-order valence-electron chi connectivity index (χ4n) is 2.61. The van der Waals surface area contributed by atoms with Crippen molar-refractivity contribution in [1.29, 1.82) is 0 Å². The first-order valence-corrected chi connectivity index (χ1v) is 7.55. The number of rotatable bonds is 3. The monoisotopic (exact) mass is 317 g/mol. The Hall–Kier alpha value is -3.41. The number of fused-ring (bicyclic) bond motifs is 1. The summed E-state index contributed by atoms with van der Waals surface area (Å²) >= 11 is 0. The standard InChI is InChI=1S/C18H15N5O/c1-12-19-8-9-23(12)17-5-4-15(11-21-17)22-18(24)14-3-2-13-6-7-20-16(13)10-14/h2-11,20H,1H3,(H,22,24). The van der Waals surface area contributed by atoms with Gasteiger partial charge in [-0.25, -0.2) is 9.97 Å². The first kappa shape index (κ1) is 14.2. The zero-order chi connectivity index (χ0) is 16.5. The van der Waals surface area contributed by atoms with Crippen molar-refractivity contribution in [2.45, 2.75) is 6.92 Å². The highest BCUT2D eigenvalue weighted by Crippen LogP contribution is 2.16. The highest BCUT2D eigenvalue weighted by atomic mass is 16.1. The van der Waals surface area contributed by atoms with Gasteiger partial charge in [-0.3, -0.25) is 9.36 Å². The van der Waals surface area contributed by atoms with E-state index in [9.17, 15) is 4.79 Å². The molecule has 6 heteroatoms. The zero-order valence-electron chi connectivity index (χ0n) is 13.0. The van der Waals surface area contributed by atoms with E-state index < -0.39 is 0 Å². The third-order valence-electron chi connectivity index (χ3n) is 3.90. The van der Waals surface area contributed by atoms with Crippen molar-refractivity contribution in [2.75, 3.05) is 5.32 Å². The summed E-state index contributed by atoms with van der Waals surface area (Å²) in [5, 5.41) is 3.94. The molecule has 118 valence electrons.